The van der Waals surface area contributed by atoms with Gasteiger partial charge in [0.1, 0.15) is 11.4 Å². The minimum Gasteiger partial charge on any atom is -0.478 e. The number of hydrogen-bond donors (Lipinski definition) is 2. The molecule has 0 radical (unpaired) electrons. The molecule has 0 aliphatic heterocycles. The minimum absolute atomic E-state index is 0.158. The third kappa shape index (κ3) is 6.50. The number of carbonyl (C=O) groups is 2. The van der Waals surface area contributed by atoms with Gasteiger partial charge in [0.25, 0.3) is 5.91 Å². The normalized spacial score (nSPS) is 12.0. The maximum absolute atomic E-state index is 12.8. The number of nitrogens with zero attached hydrogens (tertiary/aromatic N) is 2. The zero-order valence-electron chi connectivity index (χ0n) is 18.9. The number of aliphatic hydroxyl groups is 1. The van der Waals surface area contributed by atoms with Gasteiger partial charge >= 0.3 is 6.18 Å². The van der Waals surface area contributed by atoms with Crippen LogP contribution in [0.4, 0.5) is 19.0 Å². The van der Waals surface area contributed by atoms with Crippen molar-refractivity contribution in [3.05, 3.63) is 59.3 Å². The number of anilines is 1. The van der Waals surface area contributed by atoms with Gasteiger partial charge in [-0.3, -0.25) is 9.59 Å². The largest absolute Gasteiger partial charge is 0.478 e. The molecule has 180 valence electrons. The summed E-state index contributed by atoms with van der Waals surface area (Å²) in [6, 6.07) is 9.30. The summed E-state index contributed by atoms with van der Waals surface area (Å²) in [5.41, 5.74) is -1.08. The van der Waals surface area contributed by atoms with Gasteiger partial charge in [0.15, 0.2) is 5.78 Å². The number of fused-ring (bicyclic) bond motifs is 1. The molecule has 0 saturated carbocycles. The zero-order chi connectivity index (χ0) is 25.1. The minimum atomic E-state index is -4.43. The van der Waals surface area contributed by atoms with Gasteiger partial charge in [0.05, 0.1) is 17.7 Å². The summed E-state index contributed by atoms with van der Waals surface area (Å²) in [5, 5.41) is 12.6. The van der Waals surface area contributed by atoms with Crippen LogP contribution in [-0.2, 0) is 11.0 Å². The second-order valence-electron chi connectivity index (χ2n) is 8.33. The molecule has 0 aliphatic rings. The Morgan fingerprint density at radius 1 is 1.06 bits per heavy atom. The smallest absolute Gasteiger partial charge is 0.416 e. The van der Waals surface area contributed by atoms with E-state index in [2.05, 4.69) is 15.3 Å². The van der Waals surface area contributed by atoms with Crippen molar-refractivity contribution in [1.82, 2.24) is 9.97 Å². The van der Waals surface area contributed by atoms with Crippen LogP contribution >= 0.6 is 0 Å². The Balaban J connectivity index is 1.57. The predicted molar refractivity (Wildman–Crippen MR) is 120 cm³/mol. The topological polar surface area (TPSA) is 101 Å². The third-order valence-corrected chi connectivity index (χ3v) is 4.86. The molecular weight excluding hydrogens is 451 g/mol. The number of benzene rings is 1. The van der Waals surface area contributed by atoms with Crippen molar-refractivity contribution in [2.45, 2.75) is 45.4 Å². The number of halogens is 3. The average Bonchev–Trinajstić information content (AvgIpc) is 2.74. The lowest BCUT2D eigenvalue weighted by molar-refractivity contribution is -0.137. The maximum atomic E-state index is 12.8. The van der Waals surface area contributed by atoms with Crippen LogP contribution in [0.15, 0.2) is 42.5 Å². The van der Waals surface area contributed by atoms with Crippen LogP contribution in [0.1, 0.15) is 48.3 Å². The molecule has 0 aliphatic carbocycles. The van der Waals surface area contributed by atoms with Crippen molar-refractivity contribution in [1.29, 1.82) is 0 Å². The highest BCUT2D eigenvalue weighted by Gasteiger charge is 2.30. The number of ether oxygens (including phenoxy) is 1. The molecule has 1 aromatic carbocycles. The van der Waals surface area contributed by atoms with E-state index in [4.69, 9.17) is 4.74 Å². The Labute approximate surface area is 194 Å². The SMILES string of the molecule is Cc1cc(C(=O)CCCOc2ccc3cc(C(F)(F)F)ccc3n2)cc(NC(=O)C(C)(C)O)n1. The molecule has 0 fully saturated rings. The van der Waals surface area contributed by atoms with E-state index in [-0.39, 0.29) is 30.5 Å². The number of pyridine rings is 2. The molecule has 0 unspecified atom stereocenters. The molecule has 1 amide bonds. The number of alkyl halides is 3. The first-order valence-corrected chi connectivity index (χ1v) is 10.5. The highest BCUT2D eigenvalue weighted by atomic mass is 19.4. The Morgan fingerprint density at radius 3 is 2.47 bits per heavy atom. The quantitative estimate of drug-likeness (QED) is 0.362. The monoisotopic (exact) mass is 475 g/mol. The molecule has 2 aromatic heterocycles. The number of ketones is 1. The number of rotatable bonds is 8. The zero-order valence-corrected chi connectivity index (χ0v) is 18.9. The van der Waals surface area contributed by atoms with Crippen LogP contribution in [0, 0.1) is 6.92 Å². The third-order valence-electron chi connectivity index (χ3n) is 4.86. The Hall–Kier alpha value is -3.53. The summed E-state index contributed by atoms with van der Waals surface area (Å²) >= 11 is 0. The van der Waals surface area contributed by atoms with Gasteiger partial charge in [-0.15, -0.1) is 0 Å². The van der Waals surface area contributed by atoms with Crippen LogP contribution in [0.25, 0.3) is 10.9 Å². The Morgan fingerprint density at radius 2 is 1.79 bits per heavy atom. The van der Waals surface area contributed by atoms with E-state index in [1.807, 2.05) is 0 Å². The standard InChI is InChI=1S/C24H24F3N3O4/c1-14-11-16(13-20(28-14)30-22(32)23(2,3)33)19(31)5-4-10-34-21-9-6-15-12-17(24(25,26)27)7-8-18(15)29-21/h6-9,11-13,33H,4-5,10H2,1-3H3,(H,28,30,32). The van der Waals surface area contributed by atoms with Gasteiger partial charge in [-0.25, -0.2) is 9.97 Å². The van der Waals surface area contributed by atoms with E-state index in [9.17, 15) is 27.9 Å². The molecule has 2 N–H and O–H groups in total. The van der Waals surface area contributed by atoms with Gasteiger partial charge in [-0.05, 0) is 63.6 Å². The summed E-state index contributed by atoms with van der Waals surface area (Å²) in [6.07, 6.45) is -3.89. The summed E-state index contributed by atoms with van der Waals surface area (Å²) in [5.74, 6) is -0.411. The summed E-state index contributed by atoms with van der Waals surface area (Å²) in [4.78, 5) is 32.9. The number of amides is 1. The molecule has 2 heterocycles. The van der Waals surface area contributed by atoms with Crippen molar-refractivity contribution in [3.8, 4) is 5.88 Å². The van der Waals surface area contributed by atoms with E-state index in [0.717, 1.165) is 12.1 Å². The highest BCUT2D eigenvalue weighted by Crippen LogP contribution is 2.31. The molecule has 34 heavy (non-hydrogen) atoms. The fourth-order valence-electron chi connectivity index (χ4n) is 3.08. The number of Topliss-reactive ketones (excluding diaryl/α,β-unsaturated/α-hetero) is 1. The van der Waals surface area contributed by atoms with Crippen molar-refractivity contribution in [3.63, 3.8) is 0 Å². The second-order valence-corrected chi connectivity index (χ2v) is 8.33. The molecule has 10 heteroatoms. The Kier molecular flexibility index (Phi) is 7.21. The van der Waals surface area contributed by atoms with Crippen molar-refractivity contribution in [2.24, 2.45) is 0 Å². The van der Waals surface area contributed by atoms with Crippen LogP contribution < -0.4 is 10.1 Å². The van der Waals surface area contributed by atoms with Crippen LogP contribution in [0.2, 0.25) is 0 Å². The van der Waals surface area contributed by atoms with Crippen molar-refractivity contribution in [2.75, 3.05) is 11.9 Å². The number of carbonyl (C=O) groups excluding carboxylic acids is 2. The van der Waals surface area contributed by atoms with E-state index >= 15 is 0 Å². The summed E-state index contributed by atoms with van der Waals surface area (Å²) < 4.78 is 44.0. The van der Waals surface area contributed by atoms with Crippen molar-refractivity contribution >= 4 is 28.4 Å². The number of nitrogens with one attached hydrogen (secondary N) is 1. The lowest BCUT2D eigenvalue weighted by atomic mass is 10.1. The van der Waals surface area contributed by atoms with E-state index < -0.39 is 23.2 Å². The molecule has 0 saturated heterocycles. The first kappa shape index (κ1) is 25.1. The lowest BCUT2D eigenvalue weighted by Crippen LogP contribution is -2.37. The molecule has 0 bridgehead atoms. The fraction of sp³-hybridized carbons (Fsp3) is 0.333. The molecular formula is C24H24F3N3O4. The Bertz CT molecular complexity index is 1220. The number of aryl methyl sites for hydroxylation is 1. The van der Waals surface area contributed by atoms with E-state index in [1.165, 1.54) is 38.1 Å². The summed E-state index contributed by atoms with van der Waals surface area (Å²) in [7, 11) is 0. The average molecular weight is 475 g/mol. The van der Waals surface area contributed by atoms with Gasteiger partial charge in [0, 0.05) is 29.1 Å². The molecule has 3 rings (SSSR count). The van der Waals surface area contributed by atoms with Crippen molar-refractivity contribution < 1.29 is 32.6 Å². The number of hydrogen-bond acceptors (Lipinski definition) is 6. The van der Waals surface area contributed by atoms with E-state index in [1.54, 1.807) is 13.0 Å². The van der Waals surface area contributed by atoms with Gasteiger partial charge in [-0.2, -0.15) is 13.2 Å². The van der Waals surface area contributed by atoms with E-state index in [0.29, 0.717) is 28.6 Å². The molecule has 0 atom stereocenters. The van der Waals surface area contributed by atoms with Crippen LogP contribution in [-0.4, -0.2) is 39.0 Å². The van der Waals surface area contributed by atoms with Crippen LogP contribution in [0.5, 0.6) is 5.88 Å². The fourth-order valence-corrected chi connectivity index (χ4v) is 3.08. The first-order chi connectivity index (χ1) is 15.8. The first-order valence-electron chi connectivity index (χ1n) is 10.5. The predicted octanol–water partition coefficient (Wildman–Crippen LogP) is 4.71. The number of aromatic nitrogens is 2. The lowest BCUT2D eigenvalue weighted by Gasteiger charge is -2.16. The maximum Gasteiger partial charge on any atom is 0.416 e. The van der Waals surface area contributed by atoms with Gasteiger partial charge in [-0.1, -0.05) is 0 Å². The van der Waals surface area contributed by atoms with Gasteiger partial charge < -0.3 is 15.2 Å². The molecule has 3 aromatic rings. The highest BCUT2D eigenvalue weighted by molar-refractivity contribution is 5.99. The summed E-state index contributed by atoms with van der Waals surface area (Å²) in [6.45, 7) is 4.54. The molecule has 7 nitrogen and oxygen atoms in total. The van der Waals surface area contributed by atoms with Crippen LogP contribution in [0.3, 0.4) is 0 Å². The van der Waals surface area contributed by atoms with Gasteiger partial charge in [0.2, 0.25) is 5.88 Å². The molecule has 0 spiro atoms. The second kappa shape index (κ2) is 9.76.